The second kappa shape index (κ2) is 10.6. The lowest BCUT2D eigenvalue weighted by Crippen LogP contribution is -2.40. The number of nitrogens with zero attached hydrogens (tertiary/aromatic N) is 2. The summed E-state index contributed by atoms with van der Waals surface area (Å²) in [6.45, 7) is 1.63. The second-order valence-corrected chi connectivity index (χ2v) is 7.86. The van der Waals surface area contributed by atoms with E-state index in [1.54, 1.807) is 60.4 Å². The fourth-order valence-electron chi connectivity index (χ4n) is 3.58. The number of amidine groups is 1. The Morgan fingerprint density at radius 1 is 1.22 bits per heavy atom. The van der Waals surface area contributed by atoms with Crippen molar-refractivity contribution in [2.75, 3.05) is 28.8 Å². The maximum Gasteiger partial charge on any atom is 0.247 e. The van der Waals surface area contributed by atoms with Crippen LogP contribution in [0.3, 0.4) is 0 Å². The van der Waals surface area contributed by atoms with E-state index in [0.717, 1.165) is 18.5 Å². The van der Waals surface area contributed by atoms with Gasteiger partial charge in [0.1, 0.15) is 6.04 Å². The maximum atomic E-state index is 13.5. The number of hydrogen-bond acceptors (Lipinski definition) is 5. The van der Waals surface area contributed by atoms with Gasteiger partial charge in [0, 0.05) is 41.5 Å². The first-order chi connectivity index (χ1) is 15.4. The number of anilines is 3. The summed E-state index contributed by atoms with van der Waals surface area (Å²) in [7, 11) is 0. The van der Waals surface area contributed by atoms with Gasteiger partial charge in [-0.05, 0) is 49.2 Å². The molecule has 1 aliphatic rings. The number of benzene rings is 2. The fourth-order valence-corrected chi connectivity index (χ4v) is 3.58. The Balaban J connectivity index is 1.72. The van der Waals surface area contributed by atoms with Gasteiger partial charge < -0.3 is 26.5 Å². The van der Waals surface area contributed by atoms with Gasteiger partial charge in [0.05, 0.1) is 6.67 Å². The van der Waals surface area contributed by atoms with Crippen LogP contribution in [0, 0.1) is 5.92 Å². The first-order valence-corrected chi connectivity index (χ1v) is 10.5. The van der Waals surface area contributed by atoms with Crippen LogP contribution in [-0.2, 0) is 9.59 Å². The van der Waals surface area contributed by atoms with E-state index in [1.165, 1.54) is 0 Å². The number of halogens is 1. The summed E-state index contributed by atoms with van der Waals surface area (Å²) < 4.78 is 13.5. The molecule has 2 amide bonds. The first kappa shape index (κ1) is 23.1. The highest BCUT2D eigenvalue weighted by atomic mass is 19.1. The fraction of sp³-hybridized carbons (Fsp3) is 0.348. The highest BCUT2D eigenvalue weighted by Gasteiger charge is 2.26. The van der Waals surface area contributed by atoms with Crippen molar-refractivity contribution in [1.82, 2.24) is 0 Å². The van der Waals surface area contributed by atoms with Gasteiger partial charge in [0.25, 0.3) is 0 Å². The van der Waals surface area contributed by atoms with Gasteiger partial charge in [0.2, 0.25) is 11.8 Å². The van der Waals surface area contributed by atoms with E-state index in [9.17, 15) is 14.0 Å². The zero-order chi connectivity index (χ0) is 23.1. The molecule has 1 fully saturated rings. The quantitative estimate of drug-likeness (QED) is 0.217. The molecule has 1 saturated heterocycles. The third-order valence-electron chi connectivity index (χ3n) is 5.45. The van der Waals surface area contributed by atoms with Gasteiger partial charge in [-0.15, -0.1) is 0 Å². The summed E-state index contributed by atoms with van der Waals surface area (Å²) in [5.41, 5.74) is 7.96. The van der Waals surface area contributed by atoms with E-state index < -0.39 is 24.5 Å². The summed E-state index contributed by atoms with van der Waals surface area (Å²) >= 11 is 0. The smallest absolute Gasteiger partial charge is 0.247 e. The lowest BCUT2D eigenvalue weighted by Gasteiger charge is -2.27. The predicted octanol–water partition coefficient (Wildman–Crippen LogP) is 3.32. The maximum absolute atomic E-state index is 13.5. The first-order valence-electron chi connectivity index (χ1n) is 10.5. The Kier molecular flexibility index (Phi) is 7.64. The number of rotatable bonds is 8. The molecule has 0 bridgehead atoms. The Bertz CT molecular complexity index is 980. The van der Waals surface area contributed by atoms with Crippen LogP contribution >= 0.6 is 0 Å². The number of oxime groups is 1. The van der Waals surface area contributed by atoms with Crippen molar-refractivity contribution in [3.63, 3.8) is 0 Å². The van der Waals surface area contributed by atoms with E-state index in [4.69, 9.17) is 10.9 Å². The van der Waals surface area contributed by atoms with Gasteiger partial charge >= 0.3 is 0 Å². The molecule has 2 atom stereocenters. The molecule has 1 aliphatic heterocycles. The summed E-state index contributed by atoms with van der Waals surface area (Å²) in [6.07, 6.45) is 2.42. The lowest BCUT2D eigenvalue weighted by molar-refractivity contribution is -0.119. The van der Waals surface area contributed by atoms with Crippen LogP contribution in [0.4, 0.5) is 21.5 Å². The van der Waals surface area contributed by atoms with Crippen LogP contribution in [-0.4, -0.2) is 42.1 Å². The molecule has 0 saturated carbocycles. The SMILES string of the molecule is CC(CF)C(Nc1cccc(/C(N)=N/O)c1)C(=O)Nc1ccc(N2CCCCC2=O)cc1. The molecule has 1 heterocycles. The Hall–Kier alpha value is -3.62. The van der Waals surface area contributed by atoms with Crippen LogP contribution in [0.1, 0.15) is 31.7 Å². The standard InChI is InChI=1S/C23H28FN5O3/c1-15(14-24)21(26-18-6-4-5-16(13-18)22(25)28-32)23(31)27-17-8-10-19(11-9-17)29-12-3-2-7-20(29)30/h4-6,8-11,13,15,21,26,32H,2-3,7,12,14H2,1H3,(H2,25,28)(H,27,31). The number of piperidine rings is 1. The molecule has 0 aliphatic carbocycles. The summed E-state index contributed by atoms with van der Waals surface area (Å²) in [5.74, 6) is -0.970. The number of nitrogens with one attached hydrogen (secondary N) is 2. The highest BCUT2D eigenvalue weighted by molar-refractivity contribution is 5.99. The van der Waals surface area contributed by atoms with Gasteiger partial charge in [0.15, 0.2) is 5.84 Å². The third kappa shape index (κ3) is 5.54. The van der Waals surface area contributed by atoms with E-state index in [1.807, 2.05) is 0 Å². The van der Waals surface area contributed by atoms with E-state index in [0.29, 0.717) is 29.9 Å². The number of carbonyl (C=O) groups is 2. The molecule has 0 spiro atoms. The van der Waals surface area contributed by atoms with E-state index >= 15 is 0 Å². The van der Waals surface area contributed by atoms with Gasteiger partial charge in [-0.2, -0.15) is 0 Å². The summed E-state index contributed by atoms with van der Waals surface area (Å²) in [6, 6.07) is 12.9. The van der Waals surface area contributed by atoms with Gasteiger partial charge in [-0.1, -0.05) is 24.2 Å². The van der Waals surface area contributed by atoms with Crippen molar-refractivity contribution in [3.05, 3.63) is 54.1 Å². The molecule has 32 heavy (non-hydrogen) atoms. The molecule has 2 unspecified atom stereocenters. The largest absolute Gasteiger partial charge is 0.409 e. The molecule has 2 aromatic carbocycles. The third-order valence-corrected chi connectivity index (χ3v) is 5.45. The minimum atomic E-state index is -0.856. The molecule has 0 aromatic heterocycles. The summed E-state index contributed by atoms with van der Waals surface area (Å²) in [4.78, 5) is 26.8. The van der Waals surface area contributed by atoms with Crippen LogP contribution < -0.4 is 21.3 Å². The number of amides is 2. The average Bonchev–Trinajstić information content (AvgIpc) is 2.82. The zero-order valence-electron chi connectivity index (χ0n) is 17.9. The zero-order valence-corrected chi connectivity index (χ0v) is 17.9. The van der Waals surface area contributed by atoms with Crippen molar-refractivity contribution >= 4 is 34.7 Å². The minimum Gasteiger partial charge on any atom is -0.409 e. The lowest BCUT2D eigenvalue weighted by atomic mass is 10.0. The summed E-state index contributed by atoms with van der Waals surface area (Å²) in [5, 5.41) is 17.7. The van der Waals surface area contributed by atoms with Crippen molar-refractivity contribution in [2.45, 2.75) is 32.2 Å². The Labute approximate surface area is 186 Å². The van der Waals surface area contributed by atoms with Crippen LogP contribution in [0.5, 0.6) is 0 Å². The molecule has 8 nitrogen and oxygen atoms in total. The minimum absolute atomic E-state index is 0.0690. The molecule has 3 rings (SSSR count). The molecule has 0 radical (unpaired) electrons. The van der Waals surface area contributed by atoms with Gasteiger partial charge in [-0.3, -0.25) is 14.0 Å². The monoisotopic (exact) mass is 441 g/mol. The predicted molar refractivity (Wildman–Crippen MR) is 123 cm³/mol. The molecule has 170 valence electrons. The Morgan fingerprint density at radius 3 is 2.62 bits per heavy atom. The van der Waals surface area contributed by atoms with Crippen LogP contribution in [0.15, 0.2) is 53.7 Å². The number of nitrogens with two attached hydrogens (primary N) is 1. The van der Waals surface area contributed by atoms with Gasteiger partial charge in [-0.25, -0.2) is 0 Å². The average molecular weight is 442 g/mol. The van der Waals surface area contributed by atoms with Crippen molar-refractivity contribution < 1.29 is 19.2 Å². The number of carbonyl (C=O) groups excluding carboxylic acids is 2. The van der Waals surface area contributed by atoms with E-state index in [2.05, 4.69) is 15.8 Å². The van der Waals surface area contributed by atoms with Crippen LogP contribution in [0.25, 0.3) is 0 Å². The van der Waals surface area contributed by atoms with Crippen molar-refractivity contribution in [2.24, 2.45) is 16.8 Å². The van der Waals surface area contributed by atoms with Crippen LogP contribution in [0.2, 0.25) is 0 Å². The van der Waals surface area contributed by atoms with Crippen molar-refractivity contribution in [3.8, 4) is 0 Å². The van der Waals surface area contributed by atoms with E-state index in [-0.39, 0.29) is 11.7 Å². The van der Waals surface area contributed by atoms with Crippen molar-refractivity contribution in [1.29, 1.82) is 0 Å². The molecular weight excluding hydrogens is 413 g/mol. The Morgan fingerprint density at radius 2 is 1.97 bits per heavy atom. The second-order valence-electron chi connectivity index (χ2n) is 7.86. The molecule has 5 N–H and O–H groups in total. The molecular formula is C23H28FN5O3. The number of alkyl halides is 1. The number of hydrogen-bond donors (Lipinski definition) is 4. The molecule has 9 heteroatoms. The highest BCUT2D eigenvalue weighted by Crippen LogP contribution is 2.23. The topological polar surface area (TPSA) is 120 Å². The normalized spacial score (nSPS) is 16.4. The molecule has 2 aromatic rings.